The number of hydrogen-bond acceptors (Lipinski definition) is 3. The Hall–Kier alpha value is -1.55. The summed E-state index contributed by atoms with van der Waals surface area (Å²) in [4.78, 5) is 11.7. The summed E-state index contributed by atoms with van der Waals surface area (Å²) in [5.41, 5.74) is 1.41. The van der Waals surface area contributed by atoms with Gasteiger partial charge in [0.1, 0.15) is 12.4 Å². The number of benzene rings is 1. The van der Waals surface area contributed by atoms with Crippen LogP contribution in [0.5, 0.6) is 5.75 Å². The third kappa shape index (κ3) is 4.75. The van der Waals surface area contributed by atoms with Crippen LogP contribution in [0.25, 0.3) is 0 Å². The third-order valence-corrected chi connectivity index (χ3v) is 2.31. The van der Waals surface area contributed by atoms with Gasteiger partial charge in [0.05, 0.1) is 12.7 Å². The van der Waals surface area contributed by atoms with E-state index in [2.05, 4.69) is 5.32 Å². The predicted molar refractivity (Wildman–Crippen MR) is 72.1 cm³/mol. The van der Waals surface area contributed by atoms with Crippen molar-refractivity contribution in [3.8, 4) is 5.75 Å². The van der Waals surface area contributed by atoms with Crippen molar-refractivity contribution in [2.75, 3.05) is 19.0 Å². The molecule has 1 amide bonds. The number of anilines is 1. The van der Waals surface area contributed by atoms with Crippen molar-refractivity contribution in [1.29, 1.82) is 0 Å². The first kappa shape index (κ1) is 14.5. The maximum atomic E-state index is 11.7. The standard InChI is InChI=1S/C14H21NO3/c1-10-8-11(6-7-12(10)17-5)15-13(16)9-18-14(2,3)4/h6-8H,9H2,1-5H3,(H,15,16). The van der Waals surface area contributed by atoms with Gasteiger partial charge in [-0.2, -0.15) is 0 Å². The van der Waals surface area contributed by atoms with Crippen LogP contribution in [0, 0.1) is 6.92 Å². The minimum Gasteiger partial charge on any atom is -0.496 e. The predicted octanol–water partition coefficient (Wildman–Crippen LogP) is 2.76. The summed E-state index contributed by atoms with van der Waals surface area (Å²) in [5.74, 6) is 0.647. The van der Waals surface area contributed by atoms with Crippen LogP contribution < -0.4 is 10.1 Å². The first-order valence-corrected chi connectivity index (χ1v) is 5.90. The molecule has 0 aliphatic carbocycles. The van der Waals surface area contributed by atoms with E-state index in [1.807, 2.05) is 39.8 Å². The SMILES string of the molecule is COc1ccc(NC(=O)COC(C)(C)C)cc1C. The molecule has 0 saturated heterocycles. The average molecular weight is 251 g/mol. The van der Waals surface area contributed by atoms with Crippen molar-refractivity contribution in [3.05, 3.63) is 23.8 Å². The van der Waals surface area contributed by atoms with E-state index in [1.165, 1.54) is 0 Å². The Labute approximate surface area is 108 Å². The molecular formula is C14H21NO3. The second kappa shape index (κ2) is 5.87. The summed E-state index contributed by atoms with van der Waals surface area (Å²) < 4.78 is 10.6. The Morgan fingerprint density at radius 1 is 1.33 bits per heavy atom. The lowest BCUT2D eigenvalue weighted by Crippen LogP contribution is -2.27. The number of aryl methyl sites for hydroxylation is 1. The van der Waals surface area contributed by atoms with Crippen LogP contribution in [0.2, 0.25) is 0 Å². The zero-order valence-corrected chi connectivity index (χ0v) is 11.7. The van der Waals surface area contributed by atoms with Gasteiger partial charge in [-0.25, -0.2) is 0 Å². The van der Waals surface area contributed by atoms with Crippen LogP contribution in [0.3, 0.4) is 0 Å². The fourth-order valence-electron chi connectivity index (χ4n) is 1.44. The van der Waals surface area contributed by atoms with Crippen molar-refractivity contribution in [1.82, 2.24) is 0 Å². The molecule has 0 spiro atoms. The van der Waals surface area contributed by atoms with E-state index in [0.717, 1.165) is 17.0 Å². The molecule has 1 rings (SSSR count). The topological polar surface area (TPSA) is 47.6 Å². The summed E-state index contributed by atoms with van der Waals surface area (Å²) in [7, 11) is 1.62. The summed E-state index contributed by atoms with van der Waals surface area (Å²) in [5, 5.41) is 2.79. The number of methoxy groups -OCH3 is 1. The molecule has 4 nitrogen and oxygen atoms in total. The van der Waals surface area contributed by atoms with Crippen LogP contribution in [0.1, 0.15) is 26.3 Å². The lowest BCUT2D eigenvalue weighted by atomic mass is 10.2. The number of carbonyl (C=O) groups excluding carboxylic acids is 1. The van der Waals surface area contributed by atoms with Gasteiger partial charge in [0.15, 0.2) is 0 Å². The van der Waals surface area contributed by atoms with Crippen LogP contribution in [0.4, 0.5) is 5.69 Å². The largest absolute Gasteiger partial charge is 0.496 e. The molecule has 1 aromatic carbocycles. The average Bonchev–Trinajstić information content (AvgIpc) is 2.26. The van der Waals surface area contributed by atoms with E-state index in [0.29, 0.717) is 0 Å². The summed E-state index contributed by atoms with van der Waals surface area (Å²) >= 11 is 0. The monoisotopic (exact) mass is 251 g/mol. The first-order valence-electron chi connectivity index (χ1n) is 5.90. The van der Waals surface area contributed by atoms with Gasteiger partial charge in [0.2, 0.25) is 5.91 Å². The van der Waals surface area contributed by atoms with Crippen LogP contribution >= 0.6 is 0 Å². The summed E-state index contributed by atoms with van der Waals surface area (Å²) in [6, 6.07) is 5.50. The molecule has 100 valence electrons. The highest BCUT2D eigenvalue weighted by Gasteiger charge is 2.13. The van der Waals surface area contributed by atoms with E-state index in [1.54, 1.807) is 13.2 Å². The summed E-state index contributed by atoms with van der Waals surface area (Å²) in [6.45, 7) is 7.72. The molecule has 0 unspecified atom stereocenters. The number of ether oxygens (including phenoxy) is 2. The molecule has 0 aromatic heterocycles. The lowest BCUT2D eigenvalue weighted by Gasteiger charge is -2.19. The Morgan fingerprint density at radius 2 is 2.00 bits per heavy atom. The van der Waals surface area contributed by atoms with Gasteiger partial charge in [-0.1, -0.05) is 0 Å². The number of carbonyl (C=O) groups is 1. The van der Waals surface area contributed by atoms with Crippen molar-refractivity contribution in [2.45, 2.75) is 33.3 Å². The number of nitrogens with one attached hydrogen (secondary N) is 1. The van der Waals surface area contributed by atoms with Crippen LogP contribution in [0.15, 0.2) is 18.2 Å². The Balaban J connectivity index is 2.57. The molecule has 4 heteroatoms. The molecule has 1 N–H and O–H groups in total. The van der Waals surface area contributed by atoms with Gasteiger partial charge in [-0.15, -0.1) is 0 Å². The molecule has 0 bridgehead atoms. The molecule has 0 fully saturated rings. The molecule has 1 aromatic rings. The van der Waals surface area contributed by atoms with Crippen molar-refractivity contribution >= 4 is 11.6 Å². The zero-order chi connectivity index (χ0) is 13.8. The summed E-state index contributed by atoms with van der Waals surface area (Å²) in [6.07, 6.45) is 0. The second-order valence-electron chi connectivity index (χ2n) is 5.13. The quantitative estimate of drug-likeness (QED) is 0.895. The van der Waals surface area contributed by atoms with Crippen LogP contribution in [-0.4, -0.2) is 25.2 Å². The van der Waals surface area contributed by atoms with Gasteiger partial charge < -0.3 is 14.8 Å². The highest BCUT2D eigenvalue weighted by molar-refractivity contribution is 5.91. The van der Waals surface area contributed by atoms with Gasteiger partial charge in [-0.3, -0.25) is 4.79 Å². The van der Waals surface area contributed by atoms with E-state index >= 15 is 0 Å². The molecule has 0 atom stereocenters. The lowest BCUT2D eigenvalue weighted by molar-refractivity contribution is -0.125. The number of rotatable bonds is 4. The fourth-order valence-corrected chi connectivity index (χ4v) is 1.44. The Morgan fingerprint density at radius 3 is 2.50 bits per heavy atom. The van der Waals surface area contributed by atoms with Gasteiger partial charge in [0.25, 0.3) is 0 Å². The maximum Gasteiger partial charge on any atom is 0.250 e. The van der Waals surface area contributed by atoms with E-state index in [9.17, 15) is 4.79 Å². The normalized spacial score (nSPS) is 11.2. The van der Waals surface area contributed by atoms with Gasteiger partial charge in [-0.05, 0) is 51.5 Å². The minimum absolute atomic E-state index is 0.0502. The van der Waals surface area contributed by atoms with Gasteiger partial charge in [0, 0.05) is 5.69 Å². The highest BCUT2D eigenvalue weighted by atomic mass is 16.5. The molecule has 18 heavy (non-hydrogen) atoms. The number of amides is 1. The molecule has 0 heterocycles. The molecule has 0 saturated carbocycles. The minimum atomic E-state index is -0.312. The fraction of sp³-hybridized carbons (Fsp3) is 0.500. The molecule has 0 radical (unpaired) electrons. The Kier molecular flexibility index (Phi) is 4.73. The Bertz CT molecular complexity index is 422. The molecule has 0 aliphatic rings. The smallest absolute Gasteiger partial charge is 0.250 e. The van der Waals surface area contributed by atoms with Crippen molar-refractivity contribution in [3.63, 3.8) is 0 Å². The van der Waals surface area contributed by atoms with E-state index < -0.39 is 0 Å². The molecular weight excluding hydrogens is 230 g/mol. The van der Waals surface area contributed by atoms with E-state index in [4.69, 9.17) is 9.47 Å². The van der Waals surface area contributed by atoms with E-state index in [-0.39, 0.29) is 18.1 Å². The zero-order valence-electron chi connectivity index (χ0n) is 11.7. The second-order valence-corrected chi connectivity index (χ2v) is 5.13. The van der Waals surface area contributed by atoms with Crippen molar-refractivity contribution < 1.29 is 14.3 Å². The maximum absolute atomic E-state index is 11.7. The third-order valence-electron chi connectivity index (χ3n) is 2.31. The first-order chi connectivity index (χ1) is 8.31. The number of hydrogen-bond donors (Lipinski definition) is 1. The molecule has 0 aliphatic heterocycles. The van der Waals surface area contributed by atoms with Crippen molar-refractivity contribution in [2.24, 2.45) is 0 Å². The highest BCUT2D eigenvalue weighted by Crippen LogP contribution is 2.21. The van der Waals surface area contributed by atoms with Gasteiger partial charge >= 0.3 is 0 Å². The van der Waals surface area contributed by atoms with Crippen LogP contribution in [-0.2, 0) is 9.53 Å².